The molecule has 1 radical (unpaired) electrons. The molecule has 0 aliphatic heterocycles. The fourth-order valence-electron chi connectivity index (χ4n) is 1.47. The van der Waals surface area contributed by atoms with Crippen molar-refractivity contribution in [3.8, 4) is 0 Å². The molecular weight excluding hydrogens is 160 g/mol. The minimum atomic E-state index is 0.964. The SMILES string of the molecule is CC1=C(C)C=C(c2ccc(C)o2)[CH]1. The molecule has 2 rings (SSSR count). The monoisotopic (exact) mass is 173 g/mol. The van der Waals surface area contributed by atoms with E-state index in [1.54, 1.807) is 0 Å². The van der Waals surface area contributed by atoms with E-state index in [1.165, 1.54) is 16.7 Å². The first-order valence-electron chi connectivity index (χ1n) is 4.47. The standard InChI is InChI=1S/C12H13O/c1-8-6-11(7-9(8)2)12-5-4-10(3)13-12/h4-7H,1-3H3. The smallest absolute Gasteiger partial charge is 0.130 e. The van der Waals surface area contributed by atoms with E-state index in [1.807, 2.05) is 19.1 Å². The van der Waals surface area contributed by atoms with Crippen LogP contribution in [0.15, 0.2) is 33.8 Å². The molecular formula is C12H13O. The summed E-state index contributed by atoms with van der Waals surface area (Å²) in [4.78, 5) is 0. The summed E-state index contributed by atoms with van der Waals surface area (Å²) >= 11 is 0. The summed E-state index contributed by atoms with van der Waals surface area (Å²) in [5, 5.41) is 0. The highest BCUT2D eigenvalue weighted by atomic mass is 16.3. The summed E-state index contributed by atoms with van der Waals surface area (Å²) in [6.07, 6.45) is 4.32. The molecule has 1 heteroatoms. The van der Waals surface area contributed by atoms with Crippen LogP contribution in [0.5, 0.6) is 0 Å². The lowest BCUT2D eigenvalue weighted by molar-refractivity contribution is 0.522. The summed E-state index contributed by atoms with van der Waals surface area (Å²) in [7, 11) is 0. The van der Waals surface area contributed by atoms with Crippen molar-refractivity contribution in [2.45, 2.75) is 20.8 Å². The molecule has 0 spiro atoms. The minimum Gasteiger partial charge on any atom is -0.462 e. The van der Waals surface area contributed by atoms with Crippen molar-refractivity contribution in [1.82, 2.24) is 0 Å². The highest BCUT2D eigenvalue weighted by Gasteiger charge is 2.13. The normalized spacial score (nSPS) is 16.7. The Kier molecular flexibility index (Phi) is 1.87. The van der Waals surface area contributed by atoms with Gasteiger partial charge in [0.1, 0.15) is 11.5 Å². The van der Waals surface area contributed by atoms with Crippen LogP contribution in [-0.2, 0) is 0 Å². The number of hydrogen-bond acceptors (Lipinski definition) is 1. The lowest BCUT2D eigenvalue weighted by atomic mass is 10.1. The number of allylic oxidation sites excluding steroid dienone is 4. The molecule has 1 heterocycles. The second kappa shape index (κ2) is 2.91. The number of hydrogen-bond donors (Lipinski definition) is 0. The van der Waals surface area contributed by atoms with E-state index < -0.39 is 0 Å². The third-order valence-electron chi connectivity index (χ3n) is 2.39. The molecule has 1 aromatic rings. The van der Waals surface area contributed by atoms with Gasteiger partial charge in [0, 0.05) is 12.0 Å². The average molecular weight is 173 g/mol. The van der Waals surface area contributed by atoms with Crippen LogP contribution in [0.25, 0.3) is 5.57 Å². The van der Waals surface area contributed by atoms with Crippen molar-refractivity contribution in [3.63, 3.8) is 0 Å². The molecule has 1 aromatic heterocycles. The summed E-state index contributed by atoms with van der Waals surface area (Å²) < 4.78 is 5.54. The third-order valence-corrected chi connectivity index (χ3v) is 2.39. The molecule has 13 heavy (non-hydrogen) atoms. The summed E-state index contributed by atoms with van der Waals surface area (Å²) in [5.74, 6) is 1.93. The molecule has 1 aliphatic carbocycles. The second-order valence-electron chi connectivity index (χ2n) is 3.52. The van der Waals surface area contributed by atoms with Crippen molar-refractivity contribution < 1.29 is 4.42 Å². The van der Waals surface area contributed by atoms with Crippen molar-refractivity contribution >= 4 is 5.57 Å². The first-order valence-corrected chi connectivity index (χ1v) is 4.47. The van der Waals surface area contributed by atoms with E-state index >= 15 is 0 Å². The topological polar surface area (TPSA) is 13.1 Å². The van der Waals surface area contributed by atoms with Gasteiger partial charge in [0.05, 0.1) is 0 Å². The highest BCUT2D eigenvalue weighted by Crippen LogP contribution is 2.31. The van der Waals surface area contributed by atoms with Crippen LogP contribution in [0.4, 0.5) is 0 Å². The molecule has 0 unspecified atom stereocenters. The van der Waals surface area contributed by atoms with Gasteiger partial charge < -0.3 is 4.42 Å². The van der Waals surface area contributed by atoms with E-state index in [0.29, 0.717) is 0 Å². The van der Waals surface area contributed by atoms with Gasteiger partial charge in [0.15, 0.2) is 0 Å². The van der Waals surface area contributed by atoms with Gasteiger partial charge >= 0.3 is 0 Å². The maximum absolute atomic E-state index is 5.54. The Labute approximate surface area is 78.8 Å². The average Bonchev–Trinajstić information content (AvgIpc) is 2.61. The first-order chi connectivity index (χ1) is 6.16. The number of rotatable bonds is 1. The predicted molar refractivity (Wildman–Crippen MR) is 54.1 cm³/mol. The third kappa shape index (κ3) is 1.46. The molecule has 0 saturated heterocycles. The zero-order chi connectivity index (χ0) is 9.42. The van der Waals surface area contributed by atoms with Gasteiger partial charge in [-0.05, 0) is 32.9 Å². The van der Waals surface area contributed by atoms with Gasteiger partial charge in [-0.15, -0.1) is 0 Å². The van der Waals surface area contributed by atoms with Crippen LogP contribution in [-0.4, -0.2) is 0 Å². The fraction of sp³-hybridized carbons (Fsp3) is 0.250. The van der Waals surface area contributed by atoms with Gasteiger partial charge in [-0.3, -0.25) is 0 Å². The maximum Gasteiger partial charge on any atom is 0.130 e. The zero-order valence-electron chi connectivity index (χ0n) is 8.22. The van der Waals surface area contributed by atoms with E-state index in [2.05, 4.69) is 26.3 Å². The molecule has 0 saturated carbocycles. The quantitative estimate of drug-likeness (QED) is 0.633. The minimum absolute atomic E-state index is 0.964. The molecule has 0 bridgehead atoms. The Hall–Kier alpha value is -1.24. The molecule has 0 atom stereocenters. The Balaban J connectivity index is 2.28. The molecule has 1 aliphatic rings. The summed E-state index contributed by atoms with van der Waals surface area (Å²) in [6.45, 7) is 6.20. The van der Waals surface area contributed by atoms with Crippen LogP contribution in [0.3, 0.4) is 0 Å². The molecule has 0 aromatic carbocycles. The predicted octanol–water partition coefficient (Wildman–Crippen LogP) is 3.53. The van der Waals surface area contributed by atoms with Gasteiger partial charge in [-0.2, -0.15) is 0 Å². The van der Waals surface area contributed by atoms with Crippen molar-refractivity contribution in [2.75, 3.05) is 0 Å². The fourth-order valence-corrected chi connectivity index (χ4v) is 1.47. The number of aryl methyl sites for hydroxylation is 1. The van der Waals surface area contributed by atoms with Crippen molar-refractivity contribution in [1.29, 1.82) is 0 Å². The molecule has 67 valence electrons. The molecule has 1 nitrogen and oxygen atoms in total. The van der Waals surface area contributed by atoms with Gasteiger partial charge in [-0.1, -0.05) is 17.2 Å². The Morgan fingerprint density at radius 3 is 2.23 bits per heavy atom. The zero-order valence-corrected chi connectivity index (χ0v) is 8.22. The van der Waals surface area contributed by atoms with Crippen LogP contribution < -0.4 is 0 Å². The van der Waals surface area contributed by atoms with E-state index in [-0.39, 0.29) is 0 Å². The largest absolute Gasteiger partial charge is 0.462 e. The van der Waals surface area contributed by atoms with E-state index in [4.69, 9.17) is 4.42 Å². The van der Waals surface area contributed by atoms with Crippen LogP contribution in [0.1, 0.15) is 25.4 Å². The van der Waals surface area contributed by atoms with Crippen LogP contribution >= 0.6 is 0 Å². The molecule has 0 amide bonds. The van der Waals surface area contributed by atoms with E-state index in [9.17, 15) is 0 Å². The highest BCUT2D eigenvalue weighted by molar-refractivity contribution is 5.78. The lowest BCUT2D eigenvalue weighted by Gasteiger charge is -1.96. The van der Waals surface area contributed by atoms with Gasteiger partial charge in [-0.25, -0.2) is 0 Å². The maximum atomic E-state index is 5.54. The van der Waals surface area contributed by atoms with Crippen molar-refractivity contribution in [2.24, 2.45) is 0 Å². The number of furan rings is 1. The van der Waals surface area contributed by atoms with Gasteiger partial charge in [0.2, 0.25) is 0 Å². The first kappa shape index (κ1) is 8.36. The molecule has 0 fully saturated rings. The molecule has 0 N–H and O–H groups in total. The summed E-state index contributed by atoms with van der Waals surface area (Å²) in [5.41, 5.74) is 3.83. The lowest BCUT2D eigenvalue weighted by Crippen LogP contribution is -1.78. The Morgan fingerprint density at radius 2 is 1.77 bits per heavy atom. The Morgan fingerprint density at radius 1 is 1.00 bits per heavy atom. The van der Waals surface area contributed by atoms with Crippen LogP contribution in [0, 0.1) is 13.3 Å². The van der Waals surface area contributed by atoms with Gasteiger partial charge in [0.25, 0.3) is 0 Å². The van der Waals surface area contributed by atoms with Crippen LogP contribution in [0.2, 0.25) is 0 Å². The van der Waals surface area contributed by atoms with E-state index in [0.717, 1.165) is 11.5 Å². The van der Waals surface area contributed by atoms with Crippen molar-refractivity contribution in [3.05, 3.63) is 47.3 Å². The second-order valence-corrected chi connectivity index (χ2v) is 3.52. The summed E-state index contributed by atoms with van der Waals surface area (Å²) in [6, 6.07) is 4.01. The Bertz CT molecular complexity index is 391.